The minimum atomic E-state index is -0.376. The molecule has 0 unspecified atom stereocenters. The molecule has 0 heterocycles. The Bertz CT molecular complexity index is 611. The van der Waals surface area contributed by atoms with Crippen molar-refractivity contribution in [2.75, 3.05) is 0 Å². The third-order valence-corrected chi connectivity index (χ3v) is 4.01. The number of allylic oxidation sites excluding steroid dienone is 1. The zero-order chi connectivity index (χ0) is 17.2. The van der Waals surface area contributed by atoms with Gasteiger partial charge in [0.05, 0.1) is 0 Å². The van der Waals surface area contributed by atoms with Gasteiger partial charge in [-0.15, -0.1) is 17.0 Å². The van der Waals surface area contributed by atoms with E-state index < -0.39 is 0 Å². The number of rotatable bonds is 8. The highest BCUT2D eigenvalue weighted by molar-refractivity contribution is 8.93. The molecule has 0 atom stereocenters. The molecule has 0 amide bonds. The molecule has 134 valence electrons. The second-order valence-corrected chi connectivity index (χ2v) is 5.99. The fourth-order valence-electron chi connectivity index (χ4n) is 2.58. The van der Waals surface area contributed by atoms with Crippen LogP contribution in [-0.2, 0) is 9.53 Å². The van der Waals surface area contributed by atoms with Crippen molar-refractivity contribution in [1.29, 1.82) is 0 Å². The third kappa shape index (κ3) is 6.87. The van der Waals surface area contributed by atoms with E-state index in [1.54, 1.807) is 0 Å². The van der Waals surface area contributed by atoms with E-state index in [0.717, 1.165) is 24.0 Å². The highest BCUT2D eigenvalue weighted by atomic mass is 79.9. The van der Waals surface area contributed by atoms with Crippen molar-refractivity contribution in [1.82, 2.24) is 0 Å². The smallest absolute Gasteiger partial charge is 0.334 e. The van der Waals surface area contributed by atoms with Gasteiger partial charge in [-0.1, -0.05) is 86.5 Å². The molecule has 0 aliphatic heterocycles. The summed E-state index contributed by atoms with van der Waals surface area (Å²) in [4.78, 5) is 12.5. The maximum atomic E-state index is 12.5. The first-order valence-corrected chi connectivity index (χ1v) is 8.70. The molecule has 0 bridgehead atoms. The quantitative estimate of drug-likeness (QED) is 0.289. The van der Waals surface area contributed by atoms with Gasteiger partial charge in [-0.05, 0) is 30.9 Å². The minimum absolute atomic E-state index is 0. The van der Waals surface area contributed by atoms with Gasteiger partial charge in [0, 0.05) is 5.57 Å². The van der Waals surface area contributed by atoms with Gasteiger partial charge in [-0.25, -0.2) is 4.79 Å². The number of carbonyl (C=O) groups excluding carboxylic acids is 1. The van der Waals surface area contributed by atoms with Gasteiger partial charge in [-0.3, -0.25) is 0 Å². The summed E-state index contributed by atoms with van der Waals surface area (Å²) in [7, 11) is 0. The Morgan fingerprint density at radius 1 is 0.960 bits per heavy atom. The van der Waals surface area contributed by atoms with Gasteiger partial charge in [0.25, 0.3) is 0 Å². The Kier molecular flexibility index (Phi) is 9.86. The first-order chi connectivity index (χ1) is 11.7. The van der Waals surface area contributed by atoms with Crippen molar-refractivity contribution in [3.05, 3.63) is 83.4 Å². The van der Waals surface area contributed by atoms with Crippen molar-refractivity contribution in [3.63, 3.8) is 0 Å². The summed E-state index contributed by atoms with van der Waals surface area (Å²) in [5.74, 6) is -0.246. The van der Waals surface area contributed by atoms with E-state index in [1.807, 2.05) is 73.7 Å². The lowest BCUT2D eigenvalue weighted by molar-refractivity contribution is -0.142. The van der Waals surface area contributed by atoms with Crippen LogP contribution in [-0.4, -0.2) is 5.97 Å². The van der Waals surface area contributed by atoms with E-state index in [4.69, 9.17) is 4.74 Å². The monoisotopic (exact) mass is 402 g/mol. The number of hydrogen-bond acceptors (Lipinski definition) is 2. The number of halogens is 1. The molecule has 2 nitrogen and oxygen atoms in total. The summed E-state index contributed by atoms with van der Waals surface area (Å²) in [6.07, 6.45) is 6.03. The SMILES string of the molecule is Br.CCCCC/C=C(/C)C(=O)OC(c1ccccc1)c1ccccc1. The van der Waals surface area contributed by atoms with Crippen LogP contribution < -0.4 is 0 Å². The molecule has 25 heavy (non-hydrogen) atoms. The Morgan fingerprint density at radius 3 is 1.96 bits per heavy atom. The van der Waals surface area contributed by atoms with Crippen LogP contribution in [0, 0.1) is 0 Å². The average molecular weight is 403 g/mol. The summed E-state index contributed by atoms with van der Waals surface area (Å²) in [5, 5.41) is 0. The van der Waals surface area contributed by atoms with E-state index in [2.05, 4.69) is 6.92 Å². The molecule has 0 spiro atoms. The molecule has 0 aliphatic carbocycles. The van der Waals surface area contributed by atoms with Crippen molar-refractivity contribution < 1.29 is 9.53 Å². The van der Waals surface area contributed by atoms with Crippen LogP contribution in [0.2, 0.25) is 0 Å². The number of benzene rings is 2. The standard InChI is InChI=1S/C22H26O2.BrH/c1-3-4-5-8-13-18(2)22(23)24-21(19-14-9-6-10-15-19)20-16-11-7-12-17-20;/h6-7,9-17,21H,3-5,8H2,1-2H3;1H/b18-13-;. The van der Waals surface area contributed by atoms with Crippen LogP contribution in [0.1, 0.15) is 56.8 Å². The van der Waals surface area contributed by atoms with Gasteiger partial charge in [0.15, 0.2) is 6.10 Å². The van der Waals surface area contributed by atoms with Crippen molar-refractivity contribution in [2.45, 2.75) is 45.6 Å². The zero-order valence-corrected chi connectivity index (χ0v) is 16.7. The van der Waals surface area contributed by atoms with Crippen LogP contribution >= 0.6 is 17.0 Å². The molecule has 2 aromatic carbocycles. The Labute approximate surface area is 161 Å². The summed E-state index contributed by atoms with van der Waals surface area (Å²) >= 11 is 0. The first-order valence-electron chi connectivity index (χ1n) is 8.70. The molecule has 0 saturated heterocycles. The summed E-state index contributed by atoms with van der Waals surface area (Å²) in [6, 6.07) is 19.8. The summed E-state index contributed by atoms with van der Waals surface area (Å²) < 4.78 is 5.83. The lowest BCUT2D eigenvalue weighted by Crippen LogP contribution is -2.13. The number of ether oxygens (including phenoxy) is 1. The van der Waals surface area contributed by atoms with E-state index in [1.165, 1.54) is 12.8 Å². The van der Waals surface area contributed by atoms with Gasteiger partial charge in [-0.2, -0.15) is 0 Å². The van der Waals surface area contributed by atoms with Gasteiger partial charge < -0.3 is 4.74 Å². The number of hydrogen-bond donors (Lipinski definition) is 0. The van der Waals surface area contributed by atoms with Crippen molar-refractivity contribution >= 4 is 23.0 Å². The number of carbonyl (C=O) groups is 1. The molecule has 2 aromatic rings. The van der Waals surface area contributed by atoms with Gasteiger partial charge >= 0.3 is 5.97 Å². The molecule has 3 heteroatoms. The Hall–Kier alpha value is -1.87. The van der Waals surface area contributed by atoms with E-state index in [9.17, 15) is 4.79 Å². The normalized spacial score (nSPS) is 11.1. The van der Waals surface area contributed by atoms with Crippen molar-refractivity contribution in [2.24, 2.45) is 0 Å². The molecule has 0 saturated carbocycles. The first kappa shape index (κ1) is 21.2. The molecular formula is C22H27BrO2. The predicted octanol–water partition coefficient (Wildman–Crippen LogP) is 6.42. The second-order valence-electron chi connectivity index (χ2n) is 5.99. The Morgan fingerprint density at radius 2 is 1.48 bits per heavy atom. The maximum absolute atomic E-state index is 12.5. The van der Waals surface area contributed by atoms with Gasteiger partial charge in [0.1, 0.15) is 0 Å². The molecule has 0 N–H and O–H groups in total. The van der Waals surface area contributed by atoms with Crippen LogP contribution in [0.5, 0.6) is 0 Å². The Balaban J connectivity index is 0.00000312. The number of unbranched alkanes of at least 4 members (excludes halogenated alkanes) is 3. The van der Waals surface area contributed by atoms with Crippen LogP contribution in [0.15, 0.2) is 72.3 Å². The molecule has 0 aromatic heterocycles. The number of esters is 1. The zero-order valence-electron chi connectivity index (χ0n) is 15.0. The fourth-order valence-corrected chi connectivity index (χ4v) is 2.58. The van der Waals surface area contributed by atoms with Crippen LogP contribution in [0.4, 0.5) is 0 Å². The highest BCUT2D eigenvalue weighted by Crippen LogP contribution is 2.26. The maximum Gasteiger partial charge on any atom is 0.334 e. The second kappa shape index (κ2) is 11.6. The lowest BCUT2D eigenvalue weighted by atomic mass is 10.0. The predicted molar refractivity (Wildman–Crippen MR) is 109 cm³/mol. The van der Waals surface area contributed by atoms with Crippen LogP contribution in [0.25, 0.3) is 0 Å². The highest BCUT2D eigenvalue weighted by Gasteiger charge is 2.19. The molecule has 2 rings (SSSR count). The minimum Gasteiger partial charge on any atom is -0.449 e. The van der Waals surface area contributed by atoms with E-state index in [0.29, 0.717) is 5.57 Å². The topological polar surface area (TPSA) is 26.3 Å². The van der Waals surface area contributed by atoms with E-state index >= 15 is 0 Å². The average Bonchev–Trinajstić information content (AvgIpc) is 2.64. The summed E-state index contributed by atoms with van der Waals surface area (Å²) in [5.41, 5.74) is 2.65. The lowest BCUT2D eigenvalue weighted by Gasteiger charge is -2.19. The van der Waals surface area contributed by atoms with E-state index in [-0.39, 0.29) is 29.1 Å². The van der Waals surface area contributed by atoms with Crippen LogP contribution in [0.3, 0.4) is 0 Å². The summed E-state index contributed by atoms with van der Waals surface area (Å²) in [6.45, 7) is 4.01. The molecule has 0 fully saturated rings. The molecular weight excluding hydrogens is 376 g/mol. The van der Waals surface area contributed by atoms with Crippen molar-refractivity contribution in [3.8, 4) is 0 Å². The molecule has 0 aliphatic rings. The third-order valence-electron chi connectivity index (χ3n) is 4.01. The largest absolute Gasteiger partial charge is 0.449 e. The molecule has 0 radical (unpaired) electrons. The fraction of sp³-hybridized carbons (Fsp3) is 0.318. The van der Waals surface area contributed by atoms with Gasteiger partial charge in [0.2, 0.25) is 0 Å².